The molecule has 2 aromatic rings. The van der Waals surface area contributed by atoms with Gasteiger partial charge in [0.1, 0.15) is 22.8 Å². The fourth-order valence-electron chi connectivity index (χ4n) is 2.54. The maximum Gasteiger partial charge on any atom is 0.339 e. The fourth-order valence-corrected chi connectivity index (χ4v) is 2.54. The van der Waals surface area contributed by atoms with E-state index in [4.69, 9.17) is 5.11 Å². The van der Waals surface area contributed by atoms with Gasteiger partial charge in [-0.3, -0.25) is 0 Å². The second-order valence-electron chi connectivity index (χ2n) is 6.73. The highest BCUT2D eigenvalue weighted by Crippen LogP contribution is 2.39. The zero-order valence-corrected chi connectivity index (χ0v) is 14.3. The van der Waals surface area contributed by atoms with E-state index in [1.54, 1.807) is 6.07 Å². The Balaban J connectivity index is 2.28. The Kier molecular flexibility index (Phi) is 4.94. The minimum Gasteiger partial charge on any atom is -0.508 e. The van der Waals surface area contributed by atoms with E-state index in [9.17, 15) is 20.1 Å². The third-order valence-electron chi connectivity index (χ3n) is 3.73. The number of phenols is 3. The Morgan fingerprint density at radius 3 is 2.28 bits per heavy atom. The molecule has 0 aliphatic carbocycles. The molecular weight excluding hydrogens is 320 g/mol. The van der Waals surface area contributed by atoms with Gasteiger partial charge in [0, 0.05) is 23.1 Å². The molecule has 2 rings (SSSR count). The van der Waals surface area contributed by atoms with Crippen molar-refractivity contribution < 1.29 is 25.2 Å². The molecule has 4 N–H and O–H groups in total. The van der Waals surface area contributed by atoms with Crippen LogP contribution in [0.1, 0.15) is 47.8 Å². The second kappa shape index (κ2) is 6.78. The fraction of sp³-hybridized carbons (Fsp3) is 0.250. The first-order valence-corrected chi connectivity index (χ1v) is 7.70. The normalized spacial score (nSPS) is 10.8. The van der Waals surface area contributed by atoms with E-state index in [2.05, 4.69) is 11.8 Å². The van der Waals surface area contributed by atoms with Crippen LogP contribution in [0.3, 0.4) is 0 Å². The van der Waals surface area contributed by atoms with Crippen LogP contribution in [0.25, 0.3) is 0 Å². The van der Waals surface area contributed by atoms with Gasteiger partial charge in [0.05, 0.1) is 0 Å². The van der Waals surface area contributed by atoms with Crippen LogP contribution >= 0.6 is 0 Å². The molecule has 0 bridgehead atoms. The first-order chi connectivity index (χ1) is 11.6. The van der Waals surface area contributed by atoms with Crippen molar-refractivity contribution in [3.8, 4) is 29.1 Å². The Morgan fingerprint density at radius 2 is 1.72 bits per heavy atom. The summed E-state index contributed by atoms with van der Waals surface area (Å²) in [7, 11) is 0. The lowest BCUT2D eigenvalue weighted by Crippen LogP contribution is -2.12. The number of aromatic carboxylic acids is 1. The van der Waals surface area contributed by atoms with Gasteiger partial charge in [0.25, 0.3) is 0 Å². The highest BCUT2D eigenvalue weighted by atomic mass is 16.4. The van der Waals surface area contributed by atoms with E-state index in [-0.39, 0.29) is 29.2 Å². The van der Waals surface area contributed by atoms with E-state index in [0.717, 1.165) is 0 Å². The van der Waals surface area contributed by atoms with Crippen molar-refractivity contribution >= 4 is 5.97 Å². The maximum atomic E-state index is 10.9. The standard InChI is InChI=1S/C20H20O5/c1-20(2,3)17-15(21)10-8-13(18(17)23)6-4-5-12-7-9-14(19(24)25)16(22)11-12/h7-11,21-23H,6H2,1-3H3,(H,24,25). The molecule has 0 fully saturated rings. The number of phenolic OH excluding ortho intramolecular Hbond substituents is 2. The maximum absolute atomic E-state index is 10.9. The van der Waals surface area contributed by atoms with Crippen molar-refractivity contribution in [1.29, 1.82) is 0 Å². The van der Waals surface area contributed by atoms with Crippen LogP contribution in [-0.2, 0) is 11.8 Å². The molecule has 2 aromatic carbocycles. The van der Waals surface area contributed by atoms with Crippen molar-refractivity contribution in [3.05, 3.63) is 52.6 Å². The van der Waals surface area contributed by atoms with Gasteiger partial charge in [-0.1, -0.05) is 38.7 Å². The lowest BCUT2D eigenvalue weighted by atomic mass is 9.84. The largest absolute Gasteiger partial charge is 0.508 e. The molecule has 0 unspecified atom stereocenters. The smallest absolute Gasteiger partial charge is 0.339 e. The number of benzene rings is 2. The number of rotatable bonds is 2. The SMILES string of the molecule is CC(C)(C)c1c(O)ccc(CC#Cc2ccc(C(=O)O)c(O)c2)c1O. The van der Waals surface area contributed by atoms with Crippen molar-refractivity contribution in [3.63, 3.8) is 0 Å². The molecule has 0 aliphatic heterocycles. The highest BCUT2D eigenvalue weighted by Gasteiger charge is 2.23. The molecule has 5 nitrogen and oxygen atoms in total. The van der Waals surface area contributed by atoms with E-state index in [1.807, 2.05) is 20.8 Å². The Bertz CT molecular complexity index is 879. The average molecular weight is 340 g/mol. The summed E-state index contributed by atoms with van der Waals surface area (Å²) in [4.78, 5) is 10.9. The van der Waals surface area contributed by atoms with Crippen molar-refractivity contribution in [2.24, 2.45) is 0 Å². The van der Waals surface area contributed by atoms with Crippen LogP contribution in [0.2, 0.25) is 0 Å². The van der Waals surface area contributed by atoms with Crippen LogP contribution in [0.15, 0.2) is 30.3 Å². The molecule has 0 spiro atoms. The lowest BCUT2D eigenvalue weighted by Gasteiger charge is -2.22. The topological polar surface area (TPSA) is 98.0 Å². The first kappa shape index (κ1) is 18.2. The summed E-state index contributed by atoms with van der Waals surface area (Å²) in [5.74, 6) is 4.21. The number of carbonyl (C=O) groups is 1. The van der Waals surface area contributed by atoms with Gasteiger partial charge in [-0.25, -0.2) is 4.79 Å². The molecule has 0 aromatic heterocycles. The molecular formula is C20H20O5. The van der Waals surface area contributed by atoms with Gasteiger partial charge in [-0.15, -0.1) is 0 Å². The number of aromatic hydroxyl groups is 3. The molecule has 0 amide bonds. The predicted octanol–water partition coefficient (Wildman–Crippen LogP) is 3.39. The summed E-state index contributed by atoms with van der Waals surface area (Å²) in [6, 6.07) is 7.23. The van der Waals surface area contributed by atoms with Gasteiger partial charge in [0.15, 0.2) is 0 Å². The number of carboxylic acids is 1. The van der Waals surface area contributed by atoms with Gasteiger partial charge in [0.2, 0.25) is 0 Å². The zero-order valence-electron chi connectivity index (χ0n) is 14.3. The van der Waals surface area contributed by atoms with Crippen molar-refractivity contribution in [2.45, 2.75) is 32.6 Å². The molecule has 0 aliphatic rings. The minimum atomic E-state index is -1.21. The summed E-state index contributed by atoms with van der Waals surface area (Å²) >= 11 is 0. The summed E-state index contributed by atoms with van der Waals surface area (Å²) in [6.45, 7) is 5.68. The Hall–Kier alpha value is -3.13. The molecule has 0 saturated heterocycles. The third-order valence-corrected chi connectivity index (χ3v) is 3.73. The molecule has 0 saturated carbocycles. The summed E-state index contributed by atoms with van der Waals surface area (Å²) in [5.41, 5.74) is 0.918. The van der Waals surface area contributed by atoms with Gasteiger partial charge >= 0.3 is 5.97 Å². The van der Waals surface area contributed by atoms with Crippen LogP contribution in [-0.4, -0.2) is 26.4 Å². The molecule has 0 radical (unpaired) electrons. The lowest BCUT2D eigenvalue weighted by molar-refractivity contribution is 0.0693. The second-order valence-corrected chi connectivity index (χ2v) is 6.73. The first-order valence-electron chi connectivity index (χ1n) is 7.70. The van der Waals surface area contributed by atoms with Gasteiger partial charge in [-0.05, 0) is 29.7 Å². The monoisotopic (exact) mass is 340 g/mol. The van der Waals surface area contributed by atoms with E-state index in [1.165, 1.54) is 24.3 Å². The quantitative estimate of drug-likeness (QED) is 0.628. The third kappa shape index (κ3) is 4.04. The molecule has 0 atom stereocenters. The van der Waals surface area contributed by atoms with Crippen LogP contribution in [0.4, 0.5) is 0 Å². The molecule has 5 heteroatoms. The van der Waals surface area contributed by atoms with E-state index < -0.39 is 11.4 Å². The van der Waals surface area contributed by atoms with Crippen molar-refractivity contribution in [2.75, 3.05) is 0 Å². The van der Waals surface area contributed by atoms with E-state index >= 15 is 0 Å². The van der Waals surface area contributed by atoms with Gasteiger partial charge in [-0.2, -0.15) is 0 Å². The summed E-state index contributed by atoms with van der Waals surface area (Å²) in [6.07, 6.45) is 0.247. The Morgan fingerprint density at radius 1 is 1.04 bits per heavy atom. The zero-order chi connectivity index (χ0) is 18.8. The van der Waals surface area contributed by atoms with Crippen molar-refractivity contribution in [1.82, 2.24) is 0 Å². The van der Waals surface area contributed by atoms with Crippen LogP contribution < -0.4 is 0 Å². The van der Waals surface area contributed by atoms with Crippen LogP contribution in [0.5, 0.6) is 17.2 Å². The predicted molar refractivity (Wildman–Crippen MR) is 94.1 cm³/mol. The number of hydrogen-bond donors (Lipinski definition) is 4. The Labute approximate surface area is 146 Å². The van der Waals surface area contributed by atoms with E-state index in [0.29, 0.717) is 16.7 Å². The van der Waals surface area contributed by atoms with Crippen LogP contribution in [0, 0.1) is 11.8 Å². The summed E-state index contributed by atoms with van der Waals surface area (Å²) in [5, 5.41) is 38.9. The summed E-state index contributed by atoms with van der Waals surface area (Å²) < 4.78 is 0. The number of hydrogen-bond acceptors (Lipinski definition) is 4. The van der Waals surface area contributed by atoms with Gasteiger partial charge < -0.3 is 20.4 Å². The molecule has 130 valence electrons. The average Bonchev–Trinajstić information content (AvgIpc) is 2.48. The minimum absolute atomic E-state index is 0.0193. The number of carboxylic acid groups (broad SMARTS) is 1. The highest BCUT2D eigenvalue weighted by molar-refractivity contribution is 5.90. The molecule has 25 heavy (non-hydrogen) atoms. The molecule has 0 heterocycles.